The van der Waals surface area contributed by atoms with E-state index in [4.69, 9.17) is 6.57 Å². The average molecular weight is 175 g/mol. The molecule has 58 valence electrons. The minimum atomic E-state index is 0.507. The van der Waals surface area contributed by atoms with Gasteiger partial charge in [-0.25, -0.2) is 6.57 Å². The van der Waals surface area contributed by atoms with E-state index in [9.17, 15) is 0 Å². The van der Waals surface area contributed by atoms with E-state index in [-0.39, 0.29) is 0 Å². The Kier molecular flexibility index (Phi) is 6.05. The molecule has 10 heavy (non-hydrogen) atoms. The third-order valence-corrected chi connectivity index (χ3v) is 3.69. The molecule has 0 aromatic heterocycles. The van der Waals surface area contributed by atoms with Crippen LogP contribution in [0.3, 0.4) is 0 Å². The molecule has 0 saturated carbocycles. The number of hydrogen-bond acceptors (Lipinski definition) is 2. The Balaban J connectivity index is 3.63. The summed E-state index contributed by atoms with van der Waals surface area (Å²) >= 11 is 0. The van der Waals surface area contributed by atoms with Crippen LogP contribution >= 0.6 is 21.6 Å². The van der Waals surface area contributed by atoms with Gasteiger partial charge in [0, 0.05) is 0 Å². The molecule has 1 atom stereocenters. The van der Waals surface area contributed by atoms with Gasteiger partial charge in [-0.05, 0) is 12.2 Å². The average Bonchev–Trinajstić information content (AvgIpc) is 1.87. The van der Waals surface area contributed by atoms with Crippen LogP contribution in [0, 0.1) is 12.5 Å². The van der Waals surface area contributed by atoms with Gasteiger partial charge >= 0.3 is 0 Å². The summed E-state index contributed by atoms with van der Waals surface area (Å²) in [6, 6.07) is 0. The third-order valence-electron chi connectivity index (χ3n) is 1.23. The quantitative estimate of drug-likeness (QED) is 0.478. The predicted octanol–water partition coefficient (Wildman–Crippen LogP) is 2.94. The van der Waals surface area contributed by atoms with Crippen molar-refractivity contribution in [3.05, 3.63) is 11.4 Å². The first kappa shape index (κ1) is 10.2. The first-order chi connectivity index (χ1) is 4.72. The van der Waals surface area contributed by atoms with Gasteiger partial charge in [-0.1, -0.05) is 35.4 Å². The molecule has 0 radical (unpaired) electrons. The molecule has 3 heteroatoms. The van der Waals surface area contributed by atoms with Crippen molar-refractivity contribution < 1.29 is 0 Å². The van der Waals surface area contributed by atoms with Crippen molar-refractivity contribution in [2.75, 3.05) is 12.8 Å². The van der Waals surface area contributed by atoms with Crippen LogP contribution in [0.5, 0.6) is 0 Å². The molecule has 1 unspecified atom stereocenters. The van der Waals surface area contributed by atoms with Crippen LogP contribution in [0.4, 0.5) is 0 Å². The summed E-state index contributed by atoms with van der Waals surface area (Å²) in [4.78, 5) is 3.39. The highest BCUT2D eigenvalue weighted by molar-refractivity contribution is 8.76. The molecule has 0 aromatic carbocycles. The van der Waals surface area contributed by atoms with Gasteiger partial charge in [-0.15, -0.1) is 0 Å². The van der Waals surface area contributed by atoms with E-state index in [1.165, 1.54) is 0 Å². The predicted molar refractivity (Wildman–Crippen MR) is 51.2 cm³/mol. The number of nitrogens with zero attached hydrogens (tertiary/aromatic N) is 1. The molecule has 0 N–H and O–H groups in total. The fourth-order valence-electron chi connectivity index (χ4n) is 0.566. The molecule has 0 saturated heterocycles. The van der Waals surface area contributed by atoms with Crippen LogP contribution in [0.25, 0.3) is 4.85 Å². The maximum Gasteiger partial charge on any atom is 0.227 e. The van der Waals surface area contributed by atoms with Gasteiger partial charge in [0.2, 0.25) is 6.54 Å². The number of hydrogen-bond donors (Lipinski definition) is 0. The third kappa shape index (κ3) is 4.08. The molecule has 0 rings (SSSR count). The topological polar surface area (TPSA) is 4.36 Å². The lowest BCUT2D eigenvalue weighted by Gasteiger charge is -2.11. The van der Waals surface area contributed by atoms with Gasteiger partial charge in [0.1, 0.15) is 0 Å². The van der Waals surface area contributed by atoms with Crippen molar-refractivity contribution in [2.45, 2.75) is 19.1 Å². The summed E-state index contributed by atoms with van der Waals surface area (Å²) in [5, 5.41) is 0.507. The molecule has 0 bridgehead atoms. The van der Waals surface area contributed by atoms with E-state index >= 15 is 0 Å². The molecule has 0 aliphatic heterocycles. The standard InChI is InChI=1S/C7H13NS2/c1-6(2)7(5-8-3)10-9-4/h6-7H,5H2,1-2,4H3. The highest BCUT2D eigenvalue weighted by Crippen LogP contribution is 2.28. The molecule has 0 spiro atoms. The molecule has 0 aliphatic rings. The lowest BCUT2D eigenvalue weighted by molar-refractivity contribution is 0.635. The second kappa shape index (κ2) is 5.94. The smallest absolute Gasteiger partial charge is 0.227 e. The van der Waals surface area contributed by atoms with Crippen LogP contribution < -0.4 is 0 Å². The van der Waals surface area contributed by atoms with E-state index in [2.05, 4.69) is 24.9 Å². The molecule has 0 aromatic rings. The zero-order chi connectivity index (χ0) is 7.98. The van der Waals surface area contributed by atoms with E-state index in [0.29, 0.717) is 17.7 Å². The Labute approximate surface area is 71.2 Å². The Morgan fingerprint density at radius 2 is 2.10 bits per heavy atom. The summed E-state index contributed by atoms with van der Waals surface area (Å²) in [7, 11) is 3.56. The molecular formula is C7H13NS2. The second-order valence-electron chi connectivity index (χ2n) is 2.39. The van der Waals surface area contributed by atoms with Gasteiger partial charge in [0.25, 0.3) is 0 Å². The minimum Gasteiger partial charge on any atom is -0.316 e. The lowest BCUT2D eigenvalue weighted by Crippen LogP contribution is -2.12. The summed E-state index contributed by atoms with van der Waals surface area (Å²) < 4.78 is 0. The van der Waals surface area contributed by atoms with Crippen molar-refractivity contribution in [2.24, 2.45) is 5.92 Å². The molecular weight excluding hydrogens is 162 g/mol. The summed E-state index contributed by atoms with van der Waals surface area (Å²) in [5.74, 6) is 0.617. The zero-order valence-corrected chi connectivity index (χ0v) is 8.26. The maximum atomic E-state index is 6.71. The highest BCUT2D eigenvalue weighted by atomic mass is 33.1. The Morgan fingerprint density at radius 1 is 1.50 bits per heavy atom. The molecule has 0 aliphatic carbocycles. The summed E-state index contributed by atoms with van der Waals surface area (Å²) in [5.41, 5.74) is 0. The van der Waals surface area contributed by atoms with Crippen molar-refractivity contribution in [1.82, 2.24) is 0 Å². The number of rotatable bonds is 4. The van der Waals surface area contributed by atoms with Crippen molar-refractivity contribution >= 4 is 21.6 Å². The van der Waals surface area contributed by atoms with E-state index < -0.39 is 0 Å². The molecule has 0 amide bonds. The minimum absolute atomic E-state index is 0.507. The van der Waals surface area contributed by atoms with E-state index in [0.717, 1.165) is 0 Å². The molecule has 1 nitrogen and oxygen atoms in total. The first-order valence-corrected chi connectivity index (χ1v) is 5.87. The van der Waals surface area contributed by atoms with Gasteiger partial charge in [-0.3, -0.25) is 0 Å². The Hall–Kier alpha value is 0.190. The van der Waals surface area contributed by atoms with Crippen LogP contribution in [-0.4, -0.2) is 18.1 Å². The normalized spacial score (nSPS) is 13.1. The zero-order valence-electron chi connectivity index (χ0n) is 6.63. The molecule has 0 heterocycles. The van der Waals surface area contributed by atoms with Crippen LogP contribution in [-0.2, 0) is 0 Å². The monoisotopic (exact) mass is 175 g/mol. The Morgan fingerprint density at radius 3 is 2.40 bits per heavy atom. The fourth-order valence-corrected chi connectivity index (χ4v) is 2.76. The van der Waals surface area contributed by atoms with Gasteiger partial charge < -0.3 is 4.85 Å². The largest absolute Gasteiger partial charge is 0.316 e. The fraction of sp³-hybridized carbons (Fsp3) is 0.857. The van der Waals surface area contributed by atoms with Crippen LogP contribution in [0.1, 0.15) is 13.8 Å². The highest BCUT2D eigenvalue weighted by Gasteiger charge is 2.15. The van der Waals surface area contributed by atoms with Crippen molar-refractivity contribution in [1.29, 1.82) is 0 Å². The van der Waals surface area contributed by atoms with Crippen LogP contribution in [0.15, 0.2) is 0 Å². The van der Waals surface area contributed by atoms with E-state index in [1.807, 2.05) is 10.8 Å². The van der Waals surface area contributed by atoms with Gasteiger partial charge in [0.15, 0.2) is 0 Å². The Bertz CT molecular complexity index is 117. The summed E-state index contributed by atoms with van der Waals surface area (Å²) in [6.07, 6.45) is 2.06. The van der Waals surface area contributed by atoms with Crippen molar-refractivity contribution in [3.8, 4) is 0 Å². The van der Waals surface area contributed by atoms with Crippen molar-refractivity contribution in [3.63, 3.8) is 0 Å². The van der Waals surface area contributed by atoms with Crippen LogP contribution in [0.2, 0.25) is 0 Å². The van der Waals surface area contributed by atoms with Gasteiger partial charge in [-0.2, -0.15) is 0 Å². The maximum absolute atomic E-state index is 6.71. The SMILES string of the molecule is [C-]#[N+]CC(SSC)C(C)C. The van der Waals surface area contributed by atoms with Gasteiger partial charge in [0.05, 0.1) is 5.25 Å². The summed E-state index contributed by atoms with van der Waals surface area (Å²) in [6.45, 7) is 11.7. The molecule has 0 fully saturated rings. The van der Waals surface area contributed by atoms with E-state index in [1.54, 1.807) is 10.8 Å². The lowest BCUT2D eigenvalue weighted by atomic mass is 10.1. The first-order valence-electron chi connectivity index (χ1n) is 3.25. The second-order valence-corrected chi connectivity index (χ2v) is 5.09.